The molecular weight excluding hydrogens is 499 g/mol. The van der Waals surface area contributed by atoms with Gasteiger partial charge in [0.05, 0.1) is 17.5 Å². The van der Waals surface area contributed by atoms with Crippen molar-refractivity contribution in [3.8, 4) is 5.69 Å². The van der Waals surface area contributed by atoms with Gasteiger partial charge in [0.15, 0.2) is 0 Å². The first-order valence-corrected chi connectivity index (χ1v) is 12.4. The van der Waals surface area contributed by atoms with Crippen LogP contribution in [0.5, 0.6) is 0 Å². The van der Waals surface area contributed by atoms with Crippen LogP contribution in [-0.4, -0.2) is 47.2 Å². The van der Waals surface area contributed by atoms with E-state index >= 15 is 4.39 Å². The molecule has 2 fully saturated rings. The molecule has 0 bridgehead atoms. The normalized spacial score (nSPS) is 19.1. The minimum Gasteiger partial charge on any atom is -0.380 e. The Morgan fingerprint density at radius 1 is 1.05 bits per heavy atom. The van der Waals surface area contributed by atoms with Gasteiger partial charge in [-0.1, -0.05) is 17.7 Å². The van der Waals surface area contributed by atoms with Gasteiger partial charge in [0, 0.05) is 48.6 Å². The van der Waals surface area contributed by atoms with Gasteiger partial charge in [0.25, 0.3) is 5.56 Å². The van der Waals surface area contributed by atoms with Gasteiger partial charge in [-0.2, -0.15) is 0 Å². The predicted octanol–water partition coefficient (Wildman–Crippen LogP) is 4.77. The minimum atomic E-state index is -0.866. The van der Waals surface area contributed by atoms with E-state index in [2.05, 4.69) is 10.6 Å². The first kappa shape index (κ1) is 25.0. The number of nitrogens with zero attached hydrogens (tertiary/aromatic N) is 2. The van der Waals surface area contributed by atoms with Crippen LogP contribution in [-0.2, 0) is 9.53 Å². The second-order valence-corrected chi connectivity index (χ2v) is 9.69. The maximum atomic E-state index is 15.1. The number of likely N-dealkylation sites (tertiary alicyclic amines) is 1. The summed E-state index contributed by atoms with van der Waals surface area (Å²) in [6, 6.07) is 14.6. The molecular formula is C27H26ClFN4O4. The highest BCUT2D eigenvalue weighted by molar-refractivity contribution is 6.30. The Labute approximate surface area is 218 Å². The molecule has 0 spiro atoms. The fourth-order valence-electron chi connectivity index (χ4n) is 4.61. The van der Waals surface area contributed by atoms with Crippen molar-refractivity contribution in [1.82, 2.24) is 9.47 Å². The zero-order valence-corrected chi connectivity index (χ0v) is 20.9. The van der Waals surface area contributed by atoms with E-state index in [1.807, 2.05) is 6.07 Å². The van der Waals surface area contributed by atoms with Crippen LogP contribution in [0.15, 0.2) is 65.5 Å². The van der Waals surface area contributed by atoms with Gasteiger partial charge in [-0.05, 0) is 61.2 Å². The van der Waals surface area contributed by atoms with E-state index < -0.39 is 23.8 Å². The van der Waals surface area contributed by atoms with Gasteiger partial charge in [-0.15, -0.1) is 0 Å². The third-order valence-corrected chi connectivity index (χ3v) is 6.96. The highest BCUT2D eigenvalue weighted by Crippen LogP contribution is 2.40. The average molecular weight is 525 g/mol. The first-order chi connectivity index (χ1) is 17.8. The Balaban J connectivity index is 1.33. The van der Waals surface area contributed by atoms with E-state index in [9.17, 15) is 14.4 Å². The van der Waals surface area contributed by atoms with Gasteiger partial charge >= 0.3 is 6.03 Å². The summed E-state index contributed by atoms with van der Waals surface area (Å²) in [5, 5.41) is 5.88. The minimum absolute atomic E-state index is 0.0374. The Morgan fingerprint density at radius 3 is 2.49 bits per heavy atom. The van der Waals surface area contributed by atoms with Crippen molar-refractivity contribution in [2.75, 3.05) is 24.3 Å². The van der Waals surface area contributed by atoms with Gasteiger partial charge in [0.1, 0.15) is 11.9 Å². The van der Waals surface area contributed by atoms with Crippen LogP contribution in [0.1, 0.15) is 30.9 Å². The number of carbonyl (C=O) groups is 2. The van der Waals surface area contributed by atoms with E-state index in [1.54, 1.807) is 36.4 Å². The summed E-state index contributed by atoms with van der Waals surface area (Å²) in [5.41, 5.74) is 1.50. The Morgan fingerprint density at radius 2 is 1.81 bits per heavy atom. The van der Waals surface area contributed by atoms with E-state index in [1.165, 1.54) is 34.8 Å². The van der Waals surface area contributed by atoms with Crippen LogP contribution in [0.2, 0.25) is 5.02 Å². The number of urea groups is 1. The van der Waals surface area contributed by atoms with Crippen molar-refractivity contribution in [2.24, 2.45) is 0 Å². The molecule has 2 atom stereocenters. The molecule has 1 saturated heterocycles. The maximum Gasteiger partial charge on any atom is 0.322 e. The second-order valence-electron chi connectivity index (χ2n) is 9.25. The van der Waals surface area contributed by atoms with Crippen molar-refractivity contribution in [3.63, 3.8) is 0 Å². The number of methoxy groups -OCH3 is 1. The number of rotatable bonds is 6. The lowest BCUT2D eigenvalue weighted by molar-refractivity contribution is -0.119. The molecule has 37 heavy (non-hydrogen) atoms. The van der Waals surface area contributed by atoms with Gasteiger partial charge in [-0.25, -0.2) is 9.18 Å². The molecule has 1 saturated carbocycles. The van der Waals surface area contributed by atoms with Crippen molar-refractivity contribution < 1.29 is 18.7 Å². The van der Waals surface area contributed by atoms with E-state index in [0.717, 1.165) is 18.5 Å². The molecule has 5 rings (SSSR count). The number of hydrogen-bond acceptors (Lipinski definition) is 4. The highest BCUT2D eigenvalue weighted by atomic mass is 35.5. The smallest absolute Gasteiger partial charge is 0.322 e. The molecule has 1 aromatic heterocycles. The van der Waals surface area contributed by atoms with Crippen LogP contribution in [0.4, 0.5) is 20.6 Å². The van der Waals surface area contributed by atoms with Crippen LogP contribution in [0, 0.1) is 5.82 Å². The Kier molecular flexibility index (Phi) is 6.99. The van der Waals surface area contributed by atoms with Gasteiger partial charge < -0.3 is 20.3 Å². The lowest BCUT2D eigenvalue weighted by Crippen LogP contribution is -2.45. The summed E-state index contributed by atoms with van der Waals surface area (Å²) in [5.74, 6) is -0.924. The summed E-state index contributed by atoms with van der Waals surface area (Å²) >= 11 is 5.90. The zero-order valence-electron chi connectivity index (χ0n) is 20.1. The van der Waals surface area contributed by atoms with Crippen molar-refractivity contribution in [3.05, 3.63) is 87.6 Å². The summed E-state index contributed by atoms with van der Waals surface area (Å²) in [6.07, 6.45) is 1.91. The predicted molar refractivity (Wildman–Crippen MR) is 139 cm³/mol. The molecule has 10 heteroatoms. The largest absolute Gasteiger partial charge is 0.380 e. The fourth-order valence-corrected chi connectivity index (χ4v) is 4.74. The van der Waals surface area contributed by atoms with E-state index in [0.29, 0.717) is 16.4 Å². The molecule has 2 aromatic carbocycles. The third kappa shape index (κ3) is 5.38. The van der Waals surface area contributed by atoms with Crippen LogP contribution < -0.4 is 16.2 Å². The molecule has 8 nitrogen and oxygen atoms in total. The van der Waals surface area contributed by atoms with Crippen LogP contribution >= 0.6 is 11.6 Å². The second kappa shape index (κ2) is 10.4. The maximum absolute atomic E-state index is 15.1. The number of halogens is 2. The number of aromatic nitrogens is 1. The summed E-state index contributed by atoms with van der Waals surface area (Å²) < 4.78 is 22.0. The topological polar surface area (TPSA) is 92.7 Å². The Hall–Kier alpha value is -3.69. The van der Waals surface area contributed by atoms with Crippen LogP contribution in [0.25, 0.3) is 5.69 Å². The van der Waals surface area contributed by atoms with Gasteiger partial charge in [-0.3, -0.25) is 14.2 Å². The Bertz CT molecular complexity index is 1390. The first-order valence-electron chi connectivity index (χ1n) is 12.0. The number of nitrogens with one attached hydrogen (secondary N) is 2. The number of anilines is 2. The van der Waals surface area contributed by atoms with E-state index in [-0.39, 0.29) is 36.2 Å². The number of carbonyl (C=O) groups excluding carboxylic acids is 2. The summed E-state index contributed by atoms with van der Waals surface area (Å²) in [7, 11) is 1.51. The molecule has 0 radical (unpaired) electrons. The number of amides is 3. The van der Waals surface area contributed by atoms with Crippen LogP contribution in [0.3, 0.4) is 0 Å². The average Bonchev–Trinajstić information content (AvgIpc) is 3.64. The molecule has 192 valence electrons. The number of pyridine rings is 1. The standard InChI is InChI=1S/C27H26ClFN4O4/c1-37-20-14-24(32(15-20)27(36)30-18-9-7-17(28)8-10-18)26(35)31-22-12-11-19(13-21(22)29)33-23(16-5-6-16)3-2-4-25(33)34/h2-4,7-13,16,20,24H,5-6,14-15H2,1H3,(H,30,36)(H,31,35)/t20-,24-/m1/s1. The molecule has 1 aliphatic heterocycles. The molecule has 1 aliphatic carbocycles. The van der Waals surface area contributed by atoms with Crippen molar-refractivity contribution >= 4 is 34.9 Å². The summed E-state index contributed by atoms with van der Waals surface area (Å²) in [6.45, 7) is 0.205. The monoisotopic (exact) mass is 524 g/mol. The third-order valence-electron chi connectivity index (χ3n) is 6.70. The summed E-state index contributed by atoms with van der Waals surface area (Å²) in [4.78, 5) is 40.0. The quantitative estimate of drug-likeness (QED) is 0.486. The molecule has 2 heterocycles. The number of hydrogen-bond donors (Lipinski definition) is 2. The highest BCUT2D eigenvalue weighted by Gasteiger charge is 2.40. The molecule has 2 N–H and O–H groups in total. The fraction of sp³-hybridized carbons (Fsp3) is 0.296. The molecule has 3 amide bonds. The molecule has 2 aliphatic rings. The van der Waals surface area contributed by atoms with Crippen molar-refractivity contribution in [2.45, 2.75) is 37.3 Å². The van der Waals surface area contributed by atoms with Gasteiger partial charge in [0.2, 0.25) is 5.91 Å². The zero-order chi connectivity index (χ0) is 26.1. The lowest BCUT2D eigenvalue weighted by atomic mass is 10.1. The molecule has 3 aromatic rings. The number of ether oxygens (including phenoxy) is 1. The van der Waals surface area contributed by atoms with Crippen molar-refractivity contribution in [1.29, 1.82) is 0 Å². The number of benzene rings is 2. The molecule has 0 unspecified atom stereocenters. The SMILES string of the molecule is CO[C@@H]1C[C@H](C(=O)Nc2ccc(-n3c(C4CC4)cccc3=O)cc2F)N(C(=O)Nc2ccc(Cl)cc2)C1. The van der Waals surface area contributed by atoms with E-state index in [4.69, 9.17) is 16.3 Å². The lowest BCUT2D eigenvalue weighted by Gasteiger charge is -2.24.